The van der Waals surface area contributed by atoms with Crippen molar-refractivity contribution in [3.8, 4) is 6.07 Å². The van der Waals surface area contributed by atoms with E-state index in [0.717, 1.165) is 0 Å². The zero-order chi connectivity index (χ0) is 11.0. The highest BCUT2D eigenvalue weighted by molar-refractivity contribution is 6.17. The molecule has 0 aliphatic carbocycles. The third-order valence-corrected chi connectivity index (χ3v) is 1.68. The SMILES string of the molecule is CC#N.O=C(O)c1ccccc1CCl. The second-order valence-electron chi connectivity index (χ2n) is 2.32. The number of hydrogen-bond acceptors (Lipinski definition) is 2. The van der Waals surface area contributed by atoms with Crippen LogP contribution >= 0.6 is 11.6 Å². The number of rotatable bonds is 2. The largest absolute Gasteiger partial charge is 0.478 e. The van der Waals surface area contributed by atoms with Crippen LogP contribution in [0.1, 0.15) is 22.8 Å². The van der Waals surface area contributed by atoms with Crippen molar-refractivity contribution in [2.45, 2.75) is 12.8 Å². The van der Waals surface area contributed by atoms with Crippen LogP contribution in [-0.4, -0.2) is 11.1 Å². The summed E-state index contributed by atoms with van der Waals surface area (Å²) in [5.41, 5.74) is 0.934. The number of nitriles is 1. The highest BCUT2D eigenvalue weighted by atomic mass is 35.5. The normalized spacial score (nSPS) is 8.07. The molecule has 0 aliphatic rings. The highest BCUT2D eigenvalue weighted by Gasteiger charge is 2.06. The number of aromatic carboxylic acids is 1. The van der Waals surface area contributed by atoms with Gasteiger partial charge >= 0.3 is 5.97 Å². The zero-order valence-corrected chi connectivity index (χ0v) is 8.45. The van der Waals surface area contributed by atoms with E-state index in [1.807, 2.05) is 0 Å². The Bertz CT molecular complexity index is 344. The fraction of sp³-hybridized carbons (Fsp3) is 0.200. The number of halogens is 1. The van der Waals surface area contributed by atoms with Gasteiger partial charge in [-0.1, -0.05) is 18.2 Å². The monoisotopic (exact) mass is 211 g/mol. The van der Waals surface area contributed by atoms with E-state index in [1.54, 1.807) is 30.3 Å². The lowest BCUT2D eigenvalue weighted by molar-refractivity contribution is 0.0696. The molecule has 1 rings (SSSR count). The molecule has 0 saturated heterocycles. The molecule has 14 heavy (non-hydrogen) atoms. The number of nitrogens with zero attached hydrogens (tertiary/aromatic N) is 1. The Morgan fingerprint density at radius 2 is 2.07 bits per heavy atom. The Morgan fingerprint density at radius 1 is 1.57 bits per heavy atom. The molecule has 0 spiro atoms. The summed E-state index contributed by atoms with van der Waals surface area (Å²) in [6, 6.07) is 8.44. The number of benzene rings is 1. The summed E-state index contributed by atoms with van der Waals surface area (Å²) in [7, 11) is 0. The van der Waals surface area contributed by atoms with Crippen molar-refractivity contribution in [2.24, 2.45) is 0 Å². The molecule has 1 aromatic carbocycles. The summed E-state index contributed by atoms with van der Waals surface area (Å²) in [5.74, 6) is -0.691. The number of alkyl halides is 1. The van der Waals surface area contributed by atoms with Gasteiger partial charge in [0.15, 0.2) is 0 Å². The van der Waals surface area contributed by atoms with Crippen molar-refractivity contribution >= 4 is 17.6 Å². The molecule has 0 aromatic heterocycles. The molecule has 1 N–H and O–H groups in total. The Labute approximate surface area is 87.5 Å². The summed E-state index contributed by atoms with van der Waals surface area (Å²) in [5, 5.41) is 16.0. The van der Waals surface area contributed by atoms with Crippen LogP contribution in [0.4, 0.5) is 0 Å². The molecule has 0 bridgehead atoms. The predicted octanol–water partition coefficient (Wildman–Crippen LogP) is 2.65. The third-order valence-electron chi connectivity index (χ3n) is 1.39. The van der Waals surface area contributed by atoms with E-state index < -0.39 is 5.97 Å². The molecule has 74 valence electrons. The molecule has 0 unspecified atom stereocenters. The van der Waals surface area contributed by atoms with Crippen LogP contribution in [0.15, 0.2) is 24.3 Å². The van der Waals surface area contributed by atoms with Crippen LogP contribution in [0.5, 0.6) is 0 Å². The van der Waals surface area contributed by atoms with Crippen LogP contribution < -0.4 is 0 Å². The third kappa shape index (κ3) is 3.92. The van der Waals surface area contributed by atoms with Gasteiger partial charge in [-0.3, -0.25) is 0 Å². The lowest BCUT2D eigenvalue weighted by Gasteiger charge is -1.99. The zero-order valence-electron chi connectivity index (χ0n) is 7.70. The van der Waals surface area contributed by atoms with E-state index in [0.29, 0.717) is 5.56 Å². The van der Waals surface area contributed by atoms with Gasteiger partial charge in [0.05, 0.1) is 11.6 Å². The van der Waals surface area contributed by atoms with Gasteiger partial charge in [0.1, 0.15) is 0 Å². The van der Waals surface area contributed by atoms with Crippen LogP contribution in [0, 0.1) is 11.3 Å². The number of hydrogen-bond donors (Lipinski definition) is 1. The summed E-state index contributed by atoms with van der Waals surface area (Å²) >= 11 is 5.51. The highest BCUT2D eigenvalue weighted by Crippen LogP contribution is 2.10. The summed E-state index contributed by atoms with van der Waals surface area (Å²) < 4.78 is 0. The first-order valence-corrected chi connectivity index (χ1v) is 4.38. The van der Waals surface area contributed by atoms with Crippen molar-refractivity contribution < 1.29 is 9.90 Å². The maximum Gasteiger partial charge on any atom is 0.336 e. The Kier molecular flexibility index (Phi) is 6.17. The maximum atomic E-state index is 10.5. The standard InChI is InChI=1S/C8H7ClO2.C2H3N/c9-5-6-3-1-2-4-7(6)8(10)11;1-2-3/h1-4H,5H2,(H,10,11);1H3. The van der Waals surface area contributed by atoms with Crippen LogP contribution in [0.2, 0.25) is 0 Å². The molecule has 0 atom stereocenters. The average molecular weight is 212 g/mol. The number of carboxylic acids is 1. The molecule has 4 heteroatoms. The molecule has 3 nitrogen and oxygen atoms in total. The smallest absolute Gasteiger partial charge is 0.336 e. The van der Waals surface area contributed by atoms with Crippen molar-refractivity contribution in [1.82, 2.24) is 0 Å². The first-order valence-electron chi connectivity index (χ1n) is 3.85. The van der Waals surface area contributed by atoms with Gasteiger partial charge in [-0.25, -0.2) is 4.79 Å². The Balaban J connectivity index is 0.000000500. The van der Waals surface area contributed by atoms with Gasteiger partial charge in [0.2, 0.25) is 0 Å². The van der Waals surface area contributed by atoms with Gasteiger partial charge < -0.3 is 5.11 Å². The average Bonchev–Trinajstić information content (AvgIpc) is 2.19. The first-order chi connectivity index (χ1) is 6.67. The van der Waals surface area contributed by atoms with Crippen molar-refractivity contribution in [1.29, 1.82) is 5.26 Å². The molecular formula is C10H10ClNO2. The van der Waals surface area contributed by atoms with E-state index in [9.17, 15) is 4.79 Å². The van der Waals surface area contributed by atoms with Crippen molar-refractivity contribution in [3.05, 3.63) is 35.4 Å². The molecule has 0 amide bonds. The lowest BCUT2D eigenvalue weighted by Crippen LogP contribution is -1.99. The predicted molar refractivity (Wildman–Crippen MR) is 54.2 cm³/mol. The number of carboxylic acid groups (broad SMARTS) is 1. The maximum absolute atomic E-state index is 10.5. The first kappa shape index (κ1) is 12.5. The van der Waals surface area contributed by atoms with Gasteiger partial charge in [-0.05, 0) is 11.6 Å². The van der Waals surface area contributed by atoms with Crippen LogP contribution in [0.3, 0.4) is 0 Å². The summed E-state index contributed by atoms with van der Waals surface area (Å²) in [4.78, 5) is 10.5. The van der Waals surface area contributed by atoms with Crippen molar-refractivity contribution in [2.75, 3.05) is 0 Å². The van der Waals surface area contributed by atoms with E-state index in [-0.39, 0.29) is 11.4 Å². The van der Waals surface area contributed by atoms with E-state index >= 15 is 0 Å². The minimum atomic E-state index is -0.929. The van der Waals surface area contributed by atoms with Crippen LogP contribution in [-0.2, 0) is 5.88 Å². The number of carbonyl (C=O) groups is 1. The molecular weight excluding hydrogens is 202 g/mol. The molecule has 0 heterocycles. The molecule has 0 radical (unpaired) electrons. The van der Waals surface area contributed by atoms with Crippen molar-refractivity contribution in [3.63, 3.8) is 0 Å². The summed E-state index contributed by atoms with van der Waals surface area (Å²) in [6.45, 7) is 1.43. The second kappa shape index (κ2) is 6.93. The molecule has 0 saturated carbocycles. The molecule has 0 aliphatic heterocycles. The van der Waals surface area contributed by atoms with Crippen LogP contribution in [0.25, 0.3) is 0 Å². The second-order valence-corrected chi connectivity index (χ2v) is 2.59. The fourth-order valence-corrected chi connectivity index (χ4v) is 1.08. The van der Waals surface area contributed by atoms with E-state index in [1.165, 1.54) is 6.92 Å². The molecule has 1 aromatic rings. The summed E-state index contributed by atoms with van der Waals surface area (Å²) in [6.07, 6.45) is 0. The fourth-order valence-electron chi connectivity index (χ4n) is 0.845. The minimum Gasteiger partial charge on any atom is -0.478 e. The van der Waals surface area contributed by atoms with Gasteiger partial charge in [0, 0.05) is 12.8 Å². The van der Waals surface area contributed by atoms with Gasteiger partial charge in [0.25, 0.3) is 0 Å². The Morgan fingerprint density at radius 3 is 2.43 bits per heavy atom. The van der Waals surface area contributed by atoms with Gasteiger partial charge in [-0.2, -0.15) is 5.26 Å². The topological polar surface area (TPSA) is 61.1 Å². The Hall–Kier alpha value is -1.53. The lowest BCUT2D eigenvalue weighted by atomic mass is 10.1. The quantitative estimate of drug-likeness (QED) is 0.765. The van der Waals surface area contributed by atoms with E-state index in [2.05, 4.69) is 0 Å². The van der Waals surface area contributed by atoms with E-state index in [4.69, 9.17) is 22.0 Å². The minimum absolute atomic E-state index is 0.239. The van der Waals surface area contributed by atoms with Gasteiger partial charge in [-0.15, -0.1) is 11.6 Å². The molecule has 0 fully saturated rings.